The molecule has 0 aliphatic rings. The number of carboxylic acid groups (broad SMARTS) is 1. The highest BCUT2D eigenvalue weighted by molar-refractivity contribution is 7.98. The molecule has 0 bridgehead atoms. The maximum Gasteiger partial charge on any atom is 0.326 e. The van der Waals surface area contributed by atoms with Crippen molar-refractivity contribution < 1.29 is 23.8 Å². The van der Waals surface area contributed by atoms with Gasteiger partial charge in [-0.3, -0.25) is 4.79 Å². The topological polar surface area (TPSA) is 88.8 Å². The Labute approximate surface area is 233 Å². The molecule has 0 radical (unpaired) electrons. The fourth-order valence-corrected chi connectivity index (χ4v) is 4.95. The summed E-state index contributed by atoms with van der Waals surface area (Å²) in [5.74, 6) is -0.0753. The van der Waals surface area contributed by atoms with Crippen LogP contribution in [0, 0.1) is 6.92 Å². The number of ether oxygens (including phenoxy) is 1. The lowest BCUT2D eigenvalue weighted by molar-refractivity contribution is -0.139. The molecule has 202 valence electrons. The molecule has 6 nitrogen and oxygen atoms in total. The zero-order chi connectivity index (χ0) is 27.6. The minimum absolute atomic E-state index is 0.328. The van der Waals surface area contributed by atoms with Gasteiger partial charge in [-0.1, -0.05) is 54.6 Å². The number of hydrogen-bond donors (Lipinski definition) is 2. The largest absolute Gasteiger partial charge is 0.480 e. The van der Waals surface area contributed by atoms with E-state index < -0.39 is 17.9 Å². The Kier molecular flexibility index (Phi) is 10.00. The molecule has 0 aliphatic carbocycles. The molecule has 39 heavy (non-hydrogen) atoms. The minimum Gasteiger partial charge on any atom is -0.480 e. The average Bonchev–Trinajstić information content (AvgIpc) is 3.46. The molecule has 1 atom stereocenters. The molecular formula is C32H33NO5S. The quantitative estimate of drug-likeness (QED) is 0.200. The molecular weight excluding hydrogens is 510 g/mol. The van der Waals surface area contributed by atoms with Gasteiger partial charge in [-0.05, 0) is 89.4 Å². The third kappa shape index (κ3) is 7.62. The van der Waals surface area contributed by atoms with Crippen LogP contribution in [0.2, 0.25) is 0 Å². The highest BCUT2D eigenvalue weighted by atomic mass is 32.2. The van der Waals surface area contributed by atoms with Crippen LogP contribution in [0.3, 0.4) is 0 Å². The van der Waals surface area contributed by atoms with Crippen LogP contribution >= 0.6 is 11.8 Å². The van der Waals surface area contributed by atoms with E-state index in [9.17, 15) is 14.7 Å². The molecule has 0 spiro atoms. The minimum atomic E-state index is -1.04. The number of carbonyl (C=O) groups excluding carboxylic acids is 1. The first-order chi connectivity index (χ1) is 19.0. The molecule has 7 heteroatoms. The van der Waals surface area contributed by atoms with Gasteiger partial charge in [-0.25, -0.2) is 4.79 Å². The number of amides is 1. The molecule has 2 N–H and O–H groups in total. The predicted molar refractivity (Wildman–Crippen MR) is 155 cm³/mol. The van der Waals surface area contributed by atoms with Gasteiger partial charge >= 0.3 is 5.97 Å². The van der Waals surface area contributed by atoms with E-state index in [-0.39, 0.29) is 0 Å². The summed E-state index contributed by atoms with van der Waals surface area (Å²) in [5, 5.41) is 12.5. The fraction of sp³-hybridized carbons (Fsp3) is 0.250. The molecule has 1 heterocycles. The number of aryl methyl sites for hydroxylation is 1. The second kappa shape index (κ2) is 13.8. The van der Waals surface area contributed by atoms with Crippen molar-refractivity contribution in [2.45, 2.75) is 39.0 Å². The van der Waals surface area contributed by atoms with Crippen LogP contribution in [0.1, 0.15) is 44.8 Å². The number of carbonyl (C=O) groups is 2. The smallest absolute Gasteiger partial charge is 0.326 e. The van der Waals surface area contributed by atoms with E-state index >= 15 is 0 Å². The number of hydrogen-bond acceptors (Lipinski definition) is 5. The SMILES string of the molecule is CSCC[C@H](NC(=O)c1cc(Cc2ccccc2)c(COCc2ccco2)cc1-c1ccccc1C)C(=O)O. The van der Waals surface area contributed by atoms with Crippen molar-refractivity contribution in [2.75, 3.05) is 12.0 Å². The molecule has 1 amide bonds. The summed E-state index contributed by atoms with van der Waals surface area (Å²) in [6, 6.07) is 24.5. The molecule has 4 aromatic rings. The number of furan rings is 1. The summed E-state index contributed by atoms with van der Waals surface area (Å²) in [6.45, 7) is 2.66. The zero-order valence-corrected chi connectivity index (χ0v) is 23.0. The van der Waals surface area contributed by atoms with Crippen LogP contribution in [-0.4, -0.2) is 35.0 Å². The maximum atomic E-state index is 13.7. The van der Waals surface area contributed by atoms with E-state index in [0.29, 0.717) is 37.4 Å². The van der Waals surface area contributed by atoms with Crippen LogP contribution in [0.25, 0.3) is 11.1 Å². The van der Waals surface area contributed by atoms with Crippen molar-refractivity contribution in [1.82, 2.24) is 5.32 Å². The lowest BCUT2D eigenvalue weighted by atomic mass is 9.89. The summed E-state index contributed by atoms with van der Waals surface area (Å²) in [6.07, 6.45) is 4.48. The Morgan fingerprint density at radius 1 is 0.949 bits per heavy atom. The van der Waals surface area contributed by atoms with Gasteiger partial charge in [-0.2, -0.15) is 11.8 Å². The Morgan fingerprint density at radius 3 is 2.41 bits per heavy atom. The Morgan fingerprint density at radius 2 is 1.72 bits per heavy atom. The normalized spacial score (nSPS) is 11.7. The second-order valence-electron chi connectivity index (χ2n) is 9.36. The van der Waals surface area contributed by atoms with Crippen molar-refractivity contribution >= 4 is 23.6 Å². The highest BCUT2D eigenvalue weighted by Crippen LogP contribution is 2.31. The Bertz CT molecular complexity index is 1390. The van der Waals surface area contributed by atoms with Gasteiger partial charge in [0.05, 0.1) is 12.9 Å². The number of carboxylic acids is 1. The number of aliphatic carboxylic acids is 1. The van der Waals surface area contributed by atoms with Gasteiger partial charge in [0.15, 0.2) is 0 Å². The summed E-state index contributed by atoms with van der Waals surface area (Å²) in [5.41, 5.74) is 6.12. The molecule has 0 unspecified atom stereocenters. The highest BCUT2D eigenvalue weighted by Gasteiger charge is 2.24. The van der Waals surface area contributed by atoms with E-state index in [4.69, 9.17) is 9.15 Å². The van der Waals surface area contributed by atoms with Gasteiger partial charge in [-0.15, -0.1) is 0 Å². The van der Waals surface area contributed by atoms with Crippen LogP contribution in [-0.2, 0) is 29.2 Å². The summed E-state index contributed by atoms with van der Waals surface area (Å²) in [7, 11) is 0. The van der Waals surface area contributed by atoms with Crippen molar-refractivity contribution in [2.24, 2.45) is 0 Å². The van der Waals surface area contributed by atoms with E-state index in [0.717, 1.165) is 39.1 Å². The Hall–Kier alpha value is -3.81. The number of benzene rings is 3. The van der Waals surface area contributed by atoms with Gasteiger partial charge in [0.1, 0.15) is 18.4 Å². The first-order valence-electron chi connectivity index (χ1n) is 12.8. The molecule has 1 aromatic heterocycles. The van der Waals surface area contributed by atoms with E-state index in [1.807, 2.05) is 92.0 Å². The van der Waals surface area contributed by atoms with Crippen LogP contribution in [0.4, 0.5) is 0 Å². The van der Waals surface area contributed by atoms with Crippen molar-refractivity contribution in [3.63, 3.8) is 0 Å². The summed E-state index contributed by atoms with van der Waals surface area (Å²) < 4.78 is 11.4. The number of nitrogens with one attached hydrogen (secondary N) is 1. The predicted octanol–water partition coefficient (Wildman–Crippen LogP) is 6.50. The van der Waals surface area contributed by atoms with Gasteiger partial charge in [0.25, 0.3) is 5.91 Å². The Balaban J connectivity index is 1.77. The molecule has 0 saturated carbocycles. The fourth-order valence-electron chi connectivity index (χ4n) is 4.48. The molecule has 3 aromatic carbocycles. The van der Waals surface area contributed by atoms with Crippen LogP contribution in [0.5, 0.6) is 0 Å². The second-order valence-corrected chi connectivity index (χ2v) is 10.3. The van der Waals surface area contributed by atoms with Crippen molar-refractivity contribution in [1.29, 1.82) is 0 Å². The zero-order valence-electron chi connectivity index (χ0n) is 22.2. The summed E-state index contributed by atoms with van der Waals surface area (Å²) in [4.78, 5) is 25.6. The van der Waals surface area contributed by atoms with Crippen LogP contribution in [0.15, 0.2) is 89.5 Å². The third-order valence-electron chi connectivity index (χ3n) is 6.55. The number of rotatable bonds is 13. The summed E-state index contributed by atoms with van der Waals surface area (Å²) >= 11 is 1.55. The van der Waals surface area contributed by atoms with Gasteiger partial charge in [0.2, 0.25) is 0 Å². The van der Waals surface area contributed by atoms with Crippen molar-refractivity contribution in [3.05, 3.63) is 119 Å². The average molecular weight is 544 g/mol. The molecule has 0 saturated heterocycles. The van der Waals surface area contributed by atoms with Crippen LogP contribution < -0.4 is 5.32 Å². The maximum absolute atomic E-state index is 13.7. The van der Waals surface area contributed by atoms with Gasteiger partial charge < -0.3 is 19.6 Å². The molecule has 0 aliphatic heterocycles. The first kappa shape index (κ1) is 28.2. The van der Waals surface area contributed by atoms with E-state index in [1.165, 1.54) is 0 Å². The standard InChI is InChI=1S/C32H33NO5S/c1-22-9-6-7-13-27(22)28-19-25(20-37-21-26-12-8-15-38-26)24(17-23-10-4-3-5-11-23)18-29(28)31(34)33-30(32(35)36)14-16-39-2/h3-13,15,18-19,30H,14,16-17,20-21H2,1-2H3,(H,33,34)(H,35,36)/t30-/m0/s1. The number of thioether (sulfide) groups is 1. The molecule has 4 rings (SSSR count). The van der Waals surface area contributed by atoms with Gasteiger partial charge in [0, 0.05) is 5.56 Å². The molecule has 0 fully saturated rings. The monoisotopic (exact) mass is 543 g/mol. The lowest BCUT2D eigenvalue weighted by Gasteiger charge is -2.20. The lowest BCUT2D eigenvalue weighted by Crippen LogP contribution is -2.41. The third-order valence-corrected chi connectivity index (χ3v) is 7.20. The van der Waals surface area contributed by atoms with E-state index in [1.54, 1.807) is 18.0 Å². The van der Waals surface area contributed by atoms with Crippen molar-refractivity contribution in [3.8, 4) is 11.1 Å². The van der Waals surface area contributed by atoms with E-state index in [2.05, 4.69) is 5.32 Å². The first-order valence-corrected chi connectivity index (χ1v) is 14.2.